The largest absolute Gasteiger partial charge is 0.500 e. The molecule has 6 heteroatoms. The third-order valence-corrected chi connectivity index (χ3v) is 8.16. The summed E-state index contributed by atoms with van der Waals surface area (Å²) in [5.74, 6) is 0. The van der Waals surface area contributed by atoms with Gasteiger partial charge in [-0.15, -0.1) is 12.4 Å². The van der Waals surface area contributed by atoms with Crippen molar-refractivity contribution >= 4 is 21.2 Å². The first-order valence-corrected chi connectivity index (χ1v) is 12.3. The SMILES string of the molecule is CCCCCCCCCCCC(CCC[Si](OC)(OC)OC)N(C)C.Cl. The van der Waals surface area contributed by atoms with Gasteiger partial charge < -0.3 is 18.2 Å². The zero-order chi connectivity index (χ0) is 19.0. The van der Waals surface area contributed by atoms with Crippen molar-refractivity contribution in [1.29, 1.82) is 0 Å². The molecule has 0 aromatic carbocycles. The van der Waals surface area contributed by atoms with Crippen LogP contribution in [0.15, 0.2) is 0 Å². The molecule has 0 saturated heterocycles. The molecule has 26 heavy (non-hydrogen) atoms. The molecule has 0 aromatic rings. The van der Waals surface area contributed by atoms with E-state index in [1.165, 1.54) is 70.6 Å². The summed E-state index contributed by atoms with van der Waals surface area (Å²) < 4.78 is 16.6. The van der Waals surface area contributed by atoms with Gasteiger partial charge in [0.1, 0.15) is 0 Å². The maximum absolute atomic E-state index is 5.52. The molecule has 0 radical (unpaired) electrons. The summed E-state index contributed by atoms with van der Waals surface area (Å²) in [4.78, 5) is 2.38. The molecule has 0 saturated carbocycles. The van der Waals surface area contributed by atoms with Gasteiger partial charge in [0.15, 0.2) is 0 Å². The first-order valence-electron chi connectivity index (χ1n) is 10.4. The normalized spacial score (nSPS) is 13.0. The van der Waals surface area contributed by atoms with Crippen LogP contribution in [0, 0.1) is 0 Å². The predicted molar refractivity (Wildman–Crippen MR) is 117 cm³/mol. The summed E-state index contributed by atoms with van der Waals surface area (Å²) in [5.41, 5.74) is 0. The van der Waals surface area contributed by atoms with Gasteiger partial charge >= 0.3 is 8.80 Å². The summed E-state index contributed by atoms with van der Waals surface area (Å²) >= 11 is 0. The van der Waals surface area contributed by atoms with E-state index in [2.05, 4.69) is 25.9 Å². The molecule has 1 atom stereocenters. The second-order valence-electron chi connectivity index (χ2n) is 7.42. The Morgan fingerprint density at radius 3 is 1.54 bits per heavy atom. The molecule has 0 aromatic heterocycles. The molecule has 0 spiro atoms. The third-order valence-electron chi connectivity index (χ3n) is 5.32. The van der Waals surface area contributed by atoms with E-state index in [1.807, 2.05) is 0 Å². The van der Waals surface area contributed by atoms with Crippen molar-refractivity contribution in [2.24, 2.45) is 0 Å². The highest BCUT2D eigenvalue weighted by Gasteiger charge is 2.37. The van der Waals surface area contributed by atoms with Crippen LogP contribution in [-0.4, -0.2) is 55.2 Å². The van der Waals surface area contributed by atoms with E-state index >= 15 is 0 Å². The van der Waals surface area contributed by atoms with Crippen LogP contribution in [0.1, 0.15) is 84.0 Å². The lowest BCUT2D eigenvalue weighted by molar-refractivity contribution is 0.121. The van der Waals surface area contributed by atoms with Gasteiger partial charge in [0.05, 0.1) is 0 Å². The molecule has 0 rings (SSSR count). The lowest BCUT2D eigenvalue weighted by Crippen LogP contribution is -2.43. The van der Waals surface area contributed by atoms with Crippen molar-refractivity contribution in [3.63, 3.8) is 0 Å². The van der Waals surface area contributed by atoms with Crippen LogP contribution in [0.3, 0.4) is 0 Å². The molecule has 0 N–H and O–H groups in total. The molecule has 0 aliphatic heterocycles. The van der Waals surface area contributed by atoms with Crippen LogP contribution < -0.4 is 0 Å². The Morgan fingerprint density at radius 2 is 1.12 bits per heavy atom. The number of rotatable bonds is 18. The van der Waals surface area contributed by atoms with E-state index in [-0.39, 0.29) is 12.4 Å². The van der Waals surface area contributed by atoms with Gasteiger partial charge in [-0.25, -0.2) is 0 Å². The molecule has 0 bridgehead atoms. The Kier molecular flexibility index (Phi) is 20.5. The summed E-state index contributed by atoms with van der Waals surface area (Å²) in [7, 11) is 7.10. The van der Waals surface area contributed by atoms with E-state index in [4.69, 9.17) is 13.3 Å². The van der Waals surface area contributed by atoms with Crippen LogP contribution in [0.4, 0.5) is 0 Å². The fourth-order valence-electron chi connectivity index (χ4n) is 3.46. The Hall–Kier alpha value is 0.347. The molecule has 0 aliphatic rings. The minimum Gasteiger partial charge on any atom is -0.377 e. The minimum atomic E-state index is -2.40. The lowest BCUT2D eigenvalue weighted by atomic mass is 10.0. The Balaban J connectivity index is 0. The maximum atomic E-state index is 5.52. The van der Waals surface area contributed by atoms with Crippen molar-refractivity contribution in [1.82, 2.24) is 4.90 Å². The van der Waals surface area contributed by atoms with E-state index in [0.29, 0.717) is 6.04 Å². The smallest absolute Gasteiger partial charge is 0.377 e. The van der Waals surface area contributed by atoms with Crippen molar-refractivity contribution in [3.8, 4) is 0 Å². The first-order chi connectivity index (χ1) is 12.0. The second-order valence-corrected chi connectivity index (χ2v) is 10.5. The average Bonchev–Trinajstić information content (AvgIpc) is 2.62. The van der Waals surface area contributed by atoms with E-state index < -0.39 is 8.80 Å². The van der Waals surface area contributed by atoms with Crippen LogP contribution in [0.25, 0.3) is 0 Å². The maximum Gasteiger partial charge on any atom is 0.500 e. The third kappa shape index (κ3) is 13.5. The molecular weight excluding hydrogens is 366 g/mol. The van der Waals surface area contributed by atoms with Gasteiger partial charge in [-0.1, -0.05) is 64.7 Å². The number of nitrogens with zero attached hydrogens (tertiary/aromatic N) is 1. The molecule has 0 amide bonds. The molecule has 0 aliphatic carbocycles. The van der Waals surface area contributed by atoms with Crippen molar-refractivity contribution < 1.29 is 13.3 Å². The van der Waals surface area contributed by atoms with Gasteiger partial charge in [0, 0.05) is 33.4 Å². The minimum absolute atomic E-state index is 0. The first kappa shape index (κ1) is 28.6. The Bertz CT molecular complexity index is 284. The average molecular weight is 412 g/mol. The van der Waals surface area contributed by atoms with Gasteiger partial charge in [0.25, 0.3) is 0 Å². The van der Waals surface area contributed by atoms with Gasteiger partial charge in [-0.2, -0.15) is 0 Å². The summed E-state index contributed by atoms with van der Waals surface area (Å²) in [6.45, 7) is 2.28. The quantitative estimate of drug-likeness (QED) is 0.207. The van der Waals surface area contributed by atoms with Crippen LogP contribution in [0.2, 0.25) is 6.04 Å². The topological polar surface area (TPSA) is 30.9 Å². The summed E-state index contributed by atoms with van der Waals surface area (Å²) in [6.07, 6.45) is 16.2. The highest BCUT2D eigenvalue weighted by Crippen LogP contribution is 2.21. The molecule has 160 valence electrons. The fraction of sp³-hybridized carbons (Fsp3) is 1.00. The zero-order valence-electron chi connectivity index (χ0n) is 18.3. The number of unbranched alkanes of at least 4 members (excludes halogenated alkanes) is 8. The van der Waals surface area contributed by atoms with Gasteiger partial charge in [-0.3, -0.25) is 0 Å². The number of hydrogen-bond acceptors (Lipinski definition) is 4. The van der Waals surface area contributed by atoms with Crippen LogP contribution in [0.5, 0.6) is 0 Å². The van der Waals surface area contributed by atoms with Gasteiger partial charge in [-0.05, 0) is 33.4 Å². The monoisotopic (exact) mass is 411 g/mol. The van der Waals surface area contributed by atoms with Gasteiger partial charge in [0.2, 0.25) is 0 Å². The molecule has 0 heterocycles. The standard InChI is InChI=1S/C20H45NO3Si.ClH/c1-7-8-9-10-11-12-13-14-15-17-20(21(2)3)18-16-19-25(22-4,23-5)24-6;/h20H,7-19H2,1-6H3;1H. The summed E-state index contributed by atoms with van der Waals surface area (Å²) in [6, 6.07) is 1.56. The highest BCUT2D eigenvalue weighted by molar-refractivity contribution is 6.60. The zero-order valence-corrected chi connectivity index (χ0v) is 20.2. The highest BCUT2D eigenvalue weighted by atomic mass is 35.5. The number of hydrogen-bond donors (Lipinski definition) is 0. The van der Waals surface area contributed by atoms with Crippen molar-refractivity contribution in [3.05, 3.63) is 0 Å². The molecule has 0 fully saturated rings. The molecule has 1 unspecified atom stereocenters. The second kappa shape index (κ2) is 18.7. The van der Waals surface area contributed by atoms with Crippen molar-refractivity contribution in [2.45, 2.75) is 96.1 Å². The van der Waals surface area contributed by atoms with Crippen molar-refractivity contribution in [2.75, 3.05) is 35.4 Å². The molecule has 4 nitrogen and oxygen atoms in total. The Morgan fingerprint density at radius 1 is 0.692 bits per heavy atom. The predicted octanol–water partition coefficient (Wildman–Crippen LogP) is 5.92. The van der Waals surface area contributed by atoms with E-state index in [9.17, 15) is 0 Å². The fourth-order valence-corrected chi connectivity index (χ4v) is 5.21. The number of halogens is 1. The molecular formula is C20H46ClNO3Si. The van der Waals surface area contributed by atoms with E-state index in [1.54, 1.807) is 21.3 Å². The van der Waals surface area contributed by atoms with E-state index in [0.717, 1.165) is 12.5 Å². The van der Waals surface area contributed by atoms with Crippen LogP contribution >= 0.6 is 12.4 Å². The van der Waals surface area contributed by atoms with Crippen LogP contribution in [-0.2, 0) is 13.3 Å². The summed E-state index contributed by atoms with van der Waals surface area (Å²) in [5, 5.41) is 0. The Labute approximate surface area is 171 Å². The lowest BCUT2D eigenvalue weighted by Gasteiger charge is -2.27.